The minimum absolute atomic E-state index is 0.214. The van der Waals surface area contributed by atoms with Crippen LogP contribution in [0, 0.1) is 0 Å². The maximum Gasteiger partial charge on any atom is 0.160 e. The van der Waals surface area contributed by atoms with Crippen LogP contribution in [-0.2, 0) is 15.6 Å². The quantitative estimate of drug-likeness (QED) is 0.382. The van der Waals surface area contributed by atoms with Crippen molar-refractivity contribution in [1.29, 1.82) is 0 Å². The van der Waals surface area contributed by atoms with E-state index in [4.69, 9.17) is 4.74 Å². The first-order chi connectivity index (χ1) is 12.4. The van der Waals surface area contributed by atoms with Crippen LogP contribution in [0.5, 0.6) is 0 Å². The largest absolute Gasteiger partial charge is 0.378 e. The first-order valence-corrected chi connectivity index (χ1v) is 11.3. The third-order valence-electron chi connectivity index (χ3n) is 4.95. The molecule has 25 heavy (non-hydrogen) atoms. The molecular formula is C23H31OS+. The predicted molar refractivity (Wildman–Crippen MR) is 108 cm³/mol. The molecule has 0 amide bonds. The molecule has 3 rings (SSSR count). The van der Waals surface area contributed by atoms with Gasteiger partial charge in [-0.15, -0.1) is 0 Å². The first kappa shape index (κ1) is 18.5. The van der Waals surface area contributed by atoms with Crippen LogP contribution >= 0.6 is 0 Å². The summed E-state index contributed by atoms with van der Waals surface area (Å²) in [6.45, 7) is 0.988. The summed E-state index contributed by atoms with van der Waals surface area (Å²) >= 11 is 0. The zero-order chi connectivity index (χ0) is 17.2. The van der Waals surface area contributed by atoms with E-state index in [2.05, 4.69) is 60.7 Å². The highest BCUT2D eigenvalue weighted by molar-refractivity contribution is 7.97. The Hall–Kier alpha value is -1.25. The lowest BCUT2D eigenvalue weighted by molar-refractivity contribution is 0.00979. The van der Waals surface area contributed by atoms with Crippen molar-refractivity contribution < 1.29 is 4.74 Å². The lowest BCUT2D eigenvalue weighted by atomic mass is 10.0. The SMILES string of the molecule is c1ccc([S+](CCCCCCC2CCCCO2)c2ccccc2)cc1. The van der Waals surface area contributed by atoms with Crippen molar-refractivity contribution >= 4 is 10.9 Å². The molecular weight excluding hydrogens is 324 g/mol. The van der Waals surface area contributed by atoms with E-state index in [-0.39, 0.29) is 10.9 Å². The molecule has 0 spiro atoms. The van der Waals surface area contributed by atoms with Crippen LogP contribution in [0.15, 0.2) is 70.5 Å². The van der Waals surface area contributed by atoms with E-state index < -0.39 is 0 Å². The van der Waals surface area contributed by atoms with E-state index in [0.29, 0.717) is 6.10 Å². The summed E-state index contributed by atoms with van der Waals surface area (Å²) in [5, 5.41) is 0. The highest BCUT2D eigenvalue weighted by atomic mass is 32.2. The summed E-state index contributed by atoms with van der Waals surface area (Å²) in [4.78, 5) is 2.95. The fourth-order valence-corrected chi connectivity index (χ4v) is 5.76. The van der Waals surface area contributed by atoms with Gasteiger partial charge in [0.2, 0.25) is 0 Å². The lowest BCUT2D eigenvalue weighted by Gasteiger charge is -2.22. The molecule has 0 aliphatic carbocycles. The Morgan fingerprint density at radius 2 is 1.40 bits per heavy atom. The predicted octanol–water partition coefficient (Wildman–Crippen LogP) is 6.24. The van der Waals surface area contributed by atoms with Gasteiger partial charge in [0.1, 0.15) is 5.75 Å². The first-order valence-electron chi connectivity index (χ1n) is 9.86. The number of hydrogen-bond acceptors (Lipinski definition) is 1. The molecule has 2 aromatic carbocycles. The fourth-order valence-electron chi connectivity index (χ4n) is 3.55. The van der Waals surface area contributed by atoms with E-state index >= 15 is 0 Å². The van der Waals surface area contributed by atoms with Gasteiger partial charge in [0.05, 0.1) is 17.0 Å². The number of rotatable bonds is 9. The van der Waals surface area contributed by atoms with Crippen LogP contribution < -0.4 is 0 Å². The Kier molecular flexibility index (Phi) is 7.92. The van der Waals surface area contributed by atoms with Crippen LogP contribution in [0.1, 0.15) is 51.4 Å². The van der Waals surface area contributed by atoms with E-state index in [1.54, 1.807) is 0 Å². The van der Waals surface area contributed by atoms with Gasteiger partial charge in [0, 0.05) is 6.61 Å². The van der Waals surface area contributed by atoms with E-state index in [0.717, 1.165) is 6.61 Å². The van der Waals surface area contributed by atoms with Crippen LogP contribution in [-0.4, -0.2) is 18.5 Å². The minimum atomic E-state index is 0.214. The number of unbranched alkanes of at least 4 members (excludes halogenated alkanes) is 3. The molecule has 2 aromatic rings. The van der Waals surface area contributed by atoms with Gasteiger partial charge in [0.15, 0.2) is 9.79 Å². The molecule has 0 saturated carbocycles. The smallest absolute Gasteiger partial charge is 0.160 e. The molecule has 1 unspecified atom stereocenters. The molecule has 1 atom stereocenters. The van der Waals surface area contributed by atoms with Gasteiger partial charge in [-0.05, 0) is 62.8 Å². The fraction of sp³-hybridized carbons (Fsp3) is 0.478. The van der Waals surface area contributed by atoms with Gasteiger partial charge in [0.25, 0.3) is 0 Å². The Morgan fingerprint density at radius 3 is 2.00 bits per heavy atom. The van der Waals surface area contributed by atoms with Crippen LogP contribution in [0.4, 0.5) is 0 Å². The zero-order valence-corrected chi connectivity index (χ0v) is 16.1. The summed E-state index contributed by atoms with van der Waals surface area (Å²) in [6, 6.07) is 22.1. The average molecular weight is 356 g/mol. The second-order valence-electron chi connectivity index (χ2n) is 6.91. The number of ether oxygens (including phenoxy) is 1. The molecule has 0 bridgehead atoms. The Labute approximate surface area is 156 Å². The van der Waals surface area contributed by atoms with Gasteiger partial charge in [-0.1, -0.05) is 49.2 Å². The molecule has 1 aliphatic rings. The summed E-state index contributed by atoms with van der Waals surface area (Å²) in [5.41, 5.74) is 0. The molecule has 0 aromatic heterocycles. The summed E-state index contributed by atoms with van der Waals surface area (Å²) in [6.07, 6.45) is 11.1. The van der Waals surface area contributed by atoms with Gasteiger partial charge in [-0.2, -0.15) is 0 Å². The van der Waals surface area contributed by atoms with Gasteiger partial charge in [-0.25, -0.2) is 0 Å². The third-order valence-corrected chi connectivity index (χ3v) is 7.33. The number of hydrogen-bond donors (Lipinski definition) is 0. The minimum Gasteiger partial charge on any atom is -0.378 e. The summed E-state index contributed by atoms with van der Waals surface area (Å²) < 4.78 is 5.84. The van der Waals surface area contributed by atoms with Crippen LogP contribution in [0.2, 0.25) is 0 Å². The van der Waals surface area contributed by atoms with Crippen molar-refractivity contribution in [2.75, 3.05) is 12.4 Å². The Morgan fingerprint density at radius 1 is 0.760 bits per heavy atom. The highest BCUT2D eigenvalue weighted by Crippen LogP contribution is 2.25. The molecule has 0 N–H and O–H groups in total. The van der Waals surface area contributed by atoms with Crippen molar-refractivity contribution in [3.63, 3.8) is 0 Å². The van der Waals surface area contributed by atoms with Gasteiger partial charge < -0.3 is 4.74 Å². The number of benzene rings is 2. The molecule has 1 heterocycles. The van der Waals surface area contributed by atoms with Crippen LogP contribution in [0.25, 0.3) is 0 Å². The molecule has 134 valence electrons. The maximum atomic E-state index is 5.84. The third kappa shape index (κ3) is 6.20. The van der Waals surface area contributed by atoms with Crippen molar-refractivity contribution in [1.82, 2.24) is 0 Å². The van der Waals surface area contributed by atoms with E-state index in [9.17, 15) is 0 Å². The van der Waals surface area contributed by atoms with Crippen molar-refractivity contribution in [3.8, 4) is 0 Å². The van der Waals surface area contributed by atoms with Crippen molar-refractivity contribution in [2.45, 2.75) is 67.3 Å². The van der Waals surface area contributed by atoms with Crippen molar-refractivity contribution in [3.05, 3.63) is 60.7 Å². The Balaban J connectivity index is 1.43. The molecule has 1 fully saturated rings. The normalized spacial score (nSPS) is 17.7. The molecule has 1 saturated heterocycles. The summed E-state index contributed by atoms with van der Waals surface area (Å²) in [5.74, 6) is 1.27. The average Bonchev–Trinajstić information content (AvgIpc) is 2.69. The topological polar surface area (TPSA) is 9.23 Å². The molecule has 1 nitrogen and oxygen atoms in total. The second kappa shape index (κ2) is 10.7. The standard InChI is InChI=1S/C23H31OS/c1(5-13-21-14-10-11-19-24-21)2-12-20-25(22-15-6-3-7-16-22)23-17-8-4-9-18-23/h3-4,6-9,15-18,21H,1-2,5,10-14,19-20H2/q+1. The van der Waals surface area contributed by atoms with Gasteiger partial charge >= 0.3 is 0 Å². The molecule has 1 aliphatic heterocycles. The van der Waals surface area contributed by atoms with E-state index in [1.807, 2.05) is 0 Å². The highest BCUT2D eigenvalue weighted by Gasteiger charge is 2.24. The van der Waals surface area contributed by atoms with Crippen LogP contribution in [0.3, 0.4) is 0 Å². The Bertz CT molecular complexity index is 538. The molecule has 0 radical (unpaired) electrons. The lowest BCUT2D eigenvalue weighted by Crippen LogP contribution is -2.18. The van der Waals surface area contributed by atoms with E-state index in [1.165, 1.54) is 66.9 Å². The molecule has 2 heteroatoms. The summed E-state index contributed by atoms with van der Waals surface area (Å²) in [7, 11) is 0.214. The maximum absolute atomic E-state index is 5.84. The second-order valence-corrected chi connectivity index (χ2v) is 9.04. The van der Waals surface area contributed by atoms with Gasteiger partial charge in [-0.3, -0.25) is 0 Å². The monoisotopic (exact) mass is 355 g/mol. The zero-order valence-electron chi connectivity index (χ0n) is 15.2. The van der Waals surface area contributed by atoms with Crippen molar-refractivity contribution in [2.24, 2.45) is 0 Å².